The van der Waals surface area contributed by atoms with Gasteiger partial charge in [0.2, 0.25) is 10.0 Å². The maximum Gasteiger partial charge on any atom is 0.336 e. The molecule has 0 bridgehead atoms. The number of carboxylic acid groups (broad SMARTS) is 1. The highest BCUT2D eigenvalue weighted by atomic mass is 79.9. The molecule has 5 nitrogen and oxygen atoms in total. The number of thioether (sulfide) groups is 1. The topological polar surface area (TPSA) is 83.5 Å². The van der Waals surface area contributed by atoms with Gasteiger partial charge in [-0.1, -0.05) is 6.92 Å². The summed E-state index contributed by atoms with van der Waals surface area (Å²) in [5.74, 6) is -0.511. The van der Waals surface area contributed by atoms with Gasteiger partial charge >= 0.3 is 5.97 Å². The van der Waals surface area contributed by atoms with Gasteiger partial charge in [-0.05, 0) is 46.8 Å². The smallest absolute Gasteiger partial charge is 0.336 e. The molecule has 1 unspecified atom stereocenters. The molecule has 0 radical (unpaired) electrons. The Bertz CT molecular complexity index is 589. The molecule has 0 spiro atoms. The minimum Gasteiger partial charge on any atom is -0.478 e. The van der Waals surface area contributed by atoms with Crippen molar-refractivity contribution in [1.82, 2.24) is 4.72 Å². The van der Waals surface area contributed by atoms with E-state index in [4.69, 9.17) is 5.11 Å². The third-order valence-electron chi connectivity index (χ3n) is 2.66. The van der Waals surface area contributed by atoms with Crippen LogP contribution in [-0.2, 0) is 10.0 Å². The monoisotopic (exact) mass is 381 g/mol. The number of sulfonamides is 1. The van der Waals surface area contributed by atoms with E-state index in [9.17, 15) is 13.2 Å². The number of halogens is 1. The molecule has 20 heavy (non-hydrogen) atoms. The van der Waals surface area contributed by atoms with Gasteiger partial charge in [-0.25, -0.2) is 17.9 Å². The maximum atomic E-state index is 12.2. The second-order valence-electron chi connectivity index (χ2n) is 4.13. The highest BCUT2D eigenvalue weighted by molar-refractivity contribution is 9.10. The Morgan fingerprint density at radius 3 is 2.65 bits per heavy atom. The number of aromatic carboxylic acids is 1. The molecule has 1 aromatic rings. The lowest BCUT2D eigenvalue weighted by molar-refractivity contribution is 0.0695. The van der Waals surface area contributed by atoms with E-state index in [1.165, 1.54) is 12.1 Å². The van der Waals surface area contributed by atoms with Crippen LogP contribution < -0.4 is 4.72 Å². The summed E-state index contributed by atoms with van der Waals surface area (Å²) in [6.45, 7) is 1.90. The van der Waals surface area contributed by atoms with Crippen molar-refractivity contribution >= 4 is 43.7 Å². The Morgan fingerprint density at radius 2 is 2.15 bits per heavy atom. The van der Waals surface area contributed by atoms with E-state index in [2.05, 4.69) is 20.7 Å². The van der Waals surface area contributed by atoms with Gasteiger partial charge in [0, 0.05) is 16.3 Å². The van der Waals surface area contributed by atoms with Crippen LogP contribution in [0.1, 0.15) is 23.7 Å². The fraction of sp³-hybridized carbons (Fsp3) is 0.417. The summed E-state index contributed by atoms with van der Waals surface area (Å²) < 4.78 is 27.4. The van der Waals surface area contributed by atoms with E-state index in [0.717, 1.165) is 6.07 Å². The van der Waals surface area contributed by atoms with Crippen LogP contribution in [0, 0.1) is 0 Å². The van der Waals surface area contributed by atoms with Crippen molar-refractivity contribution in [3.05, 3.63) is 28.2 Å². The molecule has 0 saturated carbocycles. The highest BCUT2D eigenvalue weighted by Gasteiger charge is 2.21. The third-order valence-corrected chi connectivity index (χ3v) is 5.61. The lowest BCUT2D eigenvalue weighted by Crippen LogP contribution is -2.36. The first-order chi connectivity index (χ1) is 9.31. The molecule has 0 amide bonds. The van der Waals surface area contributed by atoms with Gasteiger partial charge in [0.15, 0.2) is 0 Å². The number of hydrogen-bond donors (Lipinski definition) is 2. The lowest BCUT2D eigenvalue weighted by atomic mass is 10.2. The van der Waals surface area contributed by atoms with Crippen molar-refractivity contribution in [1.29, 1.82) is 0 Å². The summed E-state index contributed by atoms with van der Waals surface area (Å²) in [5.41, 5.74) is -0.0780. The van der Waals surface area contributed by atoms with Gasteiger partial charge in [0.05, 0.1) is 10.5 Å². The second-order valence-corrected chi connectivity index (χ2v) is 7.61. The molecular formula is C12H16BrNO4S2. The molecule has 0 aromatic heterocycles. The van der Waals surface area contributed by atoms with Gasteiger partial charge < -0.3 is 5.11 Å². The average Bonchev–Trinajstić information content (AvgIpc) is 2.37. The molecule has 0 saturated heterocycles. The fourth-order valence-corrected chi connectivity index (χ4v) is 4.15. The van der Waals surface area contributed by atoms with Gasteiger partial charge in [-0.3, -0.25) is 0 Å². The predicted octanol–water partition coefficient (Wildman–Crippen LogP) is 2.57. The second kappa shape index (κ2) is 7.44. The molecule has 0 aliphatic carbocycles. The Kier molecular flexibility index (Phi) is 6.50. The Hall–Kier alpha value is -0.570. The summed E-state index contributed by atoms with van der Waals surface area (Å²) in [6.07, 6.45) is 2.57. The van der Waals surface area contributed by atoms with Crippen LogP contribution in [0.15, 0.2) is 27.6 Å². The molecular weight excluding hydrogens is 366 g/mol. The molecule has 2 N–H and O–H groups in total. The minimum absolute atomic E-state index is 0.0438. The summed E-state index contributed by atoms with van der Waals surface area (Å²) in [6, 6.07) is 3.78. The fourth-order valence-electron chi connectivity index (χ4n) is 1.56. The van der Waals surface area contributed by atoms with Crippen LogP contribution >= 0.6 is 27.7 Å². The summed E-state index contributed by atoms with van der Waals surface area (Å²) >= 11 is 4.64. The van der Waals surface area contributed by atoms with Crippen LogP contribution in [0.3, 0.4) is 0 Å². The van der Waals surface area contributed by atoms with E-state index in [0.29, 0.717) is 16.6 Å². The normalized spacial score (nSPS) is 13.2. The van der Waals surface area contributed by atoms with Crippen molar-refractivity contribution in [2.75, 3.05) is 12.0 Å². The molecule has 0 heterocycles. The van der Waals surface area contributed by atoms with Crippen molar-refractivity contribution in [2.45, 2.75) is 24.3 Å². The predicted molar refractivity (Wildman–Crippen MR) is 83.9 cm³/mol. The van der Waals surface area contributed by atoms with E-state index >= 15 is 0 Å². The van der Waals surface area contributed by atoms with Crippen LogP contribution in [0.25, 0.3) is 0 Å². The van der Waals surface area contributed by atoms with Gasteiger partial charge in [0.1, 0.15) is 0 Å². The molecule has 0 aliphatic rings. The lowest BCUT2D eigenvalue weighted by Gasteiger charge is -2.16. The van der Waals surface area contributed by atoms with Gasteiger partial charge in [-0.2, -0.15) is 11.8 Å². The zero-order valence-corrected chi connectivity index (χ0v) is 14.3. The quantitative estimate of drug-likeness (QED) is 0.757. The van der Waals surface area contributed by atoms with E-state index in [1.807, 2.05) is 13.2 Å². The van der Waals surface area contributed by atoms with Gasteiger partial charge in [0.25, 0.3) is 0 Å². The van der Waals surface area contributed by atoms with Crippen molar-refractivity contribution in [3.8, 4) is 0 Å². The standard InChI is InChI=1S/C12H16BrNO4S2/c1-3-8(7-19-2)14-20(17,18)9-4-5-11(13)10(6-9)12(15)16/h4-6,8,14H,3,7H2,1-2H3,(H,15,16). The van der Waals surface area contributed by atoms with E-state index in [1.54, 1.807) is 11.8 Å². The van der Waals surface area contributed by atoms with Gasteiger partial charge in [-0.15, -0.1) is 0 Å². The third kappa shape index (κ3) is 4.47. The van der Waals surface area contributed by atoms with Crippen LogP contribution in [0.2, 0.25) is 0 Å². The largest absolute Gasteiger partial charge is 0.478 e. The van der Waals surface area contributed by atoms with Crippen molar-refractivity contribution in [2.24, 2.45) is 0 Å². The Labute approximate surface area is 131 Å². The molecule has 1 atom stereocenters. The van der Waals surface area contributed by atoms with E-state index in [-0.39, 0.29) is 16.5 Å². The first-order valence-electron chi connectivity index (χ1n) is 5.86. The number of rotatable bonds is 7. The molecule has 1 aromatic carbocycles. The minimum atomic E-state index is -3.71. The average molecular weight is 382 g/mol. The SMILES string of the molecule is CCC(CSC)NS(=O)(=O)c1ccc(Br)c(C(=O)O)c1. The number of hydrogen-bond acceptors (Lipinski definition) is 4. The molecule has 0 fully saturated rings. The first kappa shape index (κ1) is 17.5. The van der Waals surface area contributed by atoms with Crippen LogP contribution in [0.5, 0.6) is 0 Å². The summed E-state index contributed by atoms with van der Waals surface area (Å²) in [5, 5.41) is 9.02. The number of nitrogens with one attached hydrogen (secondary N) is 1. The summed E-state index contributed by atoms with van der Waals surface area (Å²) in [7, 11) is -3.71. The number of benzene rings is 1. The molecule has 112 valence electrons. The number of carbonyl (C=O) groups is 1. The van der Waals surface area contributed by atoms with E-state index < -0.39 is 16.0 Å². The van der Waals surface area contributed by atoms with Crippen LogP contribution in [0.4, 0.5) is 0 Å². The molecule has 0 aliphatic heterocycles. The van der Waals surface area contributed by atoms with Crippen LogP contribution in [-0.4, -0.2) is 37.5 Å². The number of carboxylic acids is 1. The Balaban J connectivity index is 3.09. The van der Waals surface area contributed by atoms with Crippen molar-refractivity contribution in [3.63, 3.8) is 0 Å². The highest BCUT2D eigenvalue weighted by Crippen LogP contribution is 2.21. The molecule has 1 rings (SSSR count). The Morgan fingerprint density at radius 1 is 1.50 bits per heavy atom. The summed E-state index contributed by atoms with van der Waals surface area (Å²) in [4.78, 5) is 11.0. The first-order valence-corrected chi connectivity index (χ1v) is 9.53. The maximum absolute atomic E-state index is 12.2. The zero-order chi connectivity index (χ0) is 15.3. The zero-order valence-electron chi connectivity index (χ0n) is 11.1. The molecule has 8 heteroatoms. The van der Waals surface area contributed by atoms with Crippen molar-refractivity contribution < 1.29 is 18.3 Å².